The standard InChI is InChI=1S/C9H10Cl2.C9H10F2.C9H11F/c2*1-6(2)9-7(10)4-3-5-8(9)11;1-7(2)8-5-3-4-6-9(8)10/h2*3-6H,1-2H3;3-7H,1-2H3. The summed E-state index contributed by atoms with van der Waals surface area (Å²) in [6.07, 6.45) is 0. The Morgan fingerprint density at radius 2 is 0.906 bits per heavy atom. The van der Waals surface area contributed by atoms with Gasteiger partial charge in [0.15, 0.2) is 0 Å². The molecule has 5 heteroatoms. The second-order valence-corrected chi connectivity index (χ2v) is 9.07. The van der Waals surface area contributed by atoms with Crippen LogP contribution >= 0.6 is 23.2 Å². The first-order chi connectivity index (χ1) is 15.0. The molecule has 0 nitrogen and oxygen atoms in total. The first-order valence-electron chi connectivity index (χ1n) is 10.6. The topological polar surface area (TPSA) is 0 Å². The maximum atomic E-state index is 12.9. The average molecular weight is 483 g/mol. The number of hydrogen-bond donors (Lipinski definition) is 0. The Balaban J connectivity index is 0.000000240. The van der Waals surface area contributed by atoms with Crippen LogP contribution in [0.3, 0.4) is 0 Å². The summed E-state index contributed by atoms with van der Waals surface area (Å²) in [6.45, 7) is 11.7. The minimum Gasteiger partial charge on any atom is -0.207 e. The van der Waals surface area contributed by atoms with Crippen LogP contribution in [0.5, 0.6) is 0 Å². The Bertz CT molecular complexity index is 886. The summed E-state index contributed by atoms with van der Waals surface area (Å²) in [5, 5.41) is 1.51. The van der Waals surface area contributed by atoms with E-state index in [1.807, 2.05) is 44.2 Å². The van der Waals surface area contributed by atoms with Crippen molar-refractivity contribution in [3.63, 3.8) is 0 Å². The highest BCUT2D eigenvalue weighted by molar-refractivity contribution is 6.36. The van der Waals surface area contributed by atoms with Gasteiger partial charge in [-0.3, -0.25) is 0 Å². The van der Waals surface area contributed by atoms with Crippen LogP contribution in [0.1, 0.15) is 76.0 Å². The molecule has 0 saturated carbocycles. The molecule has 0 aliphatic carbocycles. The fourth-order valence-electron chi connectivity index (χ4n) is 3.07. The molecule has 0 amide bonds. The lowest BCUT2D eigenvalue weighted by Crippen LogP contribution is -1.96. The number of halogens is 5. The molecule has 0 heterocycles. The van der Waals surface area contributed by atoms with E-state index in [1.54, 1.807) is 19.9 Å². The minimum atomic E-state index is -0.458. The third-order valence-electron chi connectivity index (χ3n) is 4.68. The van der Waals surface area contributed by atoms with Gasteiger partial charge in [-0.2, -0.15) is 0 Å². The maximum Gasteiger partial charge on any atom is 0.129 e. The van der Waals surface area contributed by atoms with Gasteiger partial charge in [0.1, 0.15) is 17.5 Å². The van der Waals surface area contributed by atoms with Gasteiger partial charge in [-0.25, -0.2) is 13.2 Å². The third-order valence-corrected chi connectivity index (χ3v) is 5.34. The van der Waals surface area contributed by atoms with Gasteiger partial charge >= 0.3 is 0 Å². The Morgan fingerprint density at radius 1 is 0.500 bits per heavy atom. The summed E-state index contributed by atoms with van der Waals surface area (Å²) in [6, 6.07) is 16.4. The van der Waals surface area contributed by atoms with Crippen LogP contribution in [0.2, 0.25) is 10.0 Å². The molecule has 3 aromatic carbocycles. The normalized spacial score (nSPS) is 10.6. The van der Waals surface area contributed by atoms with Crippen molar-refractivity contribution in [2.24, 2.45) is 0 Å². The van der Waals surface area contributed by atoms with Gasteiger partial charge in [0.2, 0.25) is 0 Å². The van der Waals surface area contributed by atoms with E-state index < -0.39 is 11.6 Å². The van der Waals surface area contributed by atoms with Crippen molar-refractivity contribution in [3.8, 4) is 0 Å². The van der Waals surface area contributed by atoms with Crippen molar-refractivity contribution in [1.82, 2.24) is 0 Å². The monoisotopic (exact) mass is 482 g/mol. The fraction of sp³-hybridized carbons (Fsp3) is 0.333. The number of rotatable bonds is 3. The predicted molar refractivity (Wildman–Crippen MR) is 131 cm³/mol. The first kappa shape index (κ1) is 28.1. The van der Waals surface area contributed by atoms with Gasteiger partial charge in [0, 0.05) is 15.6 Å². The van der Waals surface area contributed by atoms with Crippen LogP contribution in [0.4, 0.5) is 13.2 Å². The van der Waals surface area contributed by atoms with E-state index in [1.165, 1.54) is 24.3 Å². The second-order valence-electron chi connectivity index (χ2n) is 8.26. The molecule has 3 aromatic rings. The molecule has 32 heavy (non-hydrogen) atoms. The quantitative estimate of drug-likeness (QED) is 0.348. The molecule has 3 rings (SSSR count). The van der Waals surface area contributed by atoms with E-state index in [4.69, 9.17) is 23.2 Å². The lowest BCUT2D eigenvalue weighted by molar-refractivity contribution is 0.542. The minimum absolute atomic E-state index is 0.0995. The average Bonchev–Trinajstić information content (AvgIpc) is 2.68. The van der Waals surface area contributed by atoms with Crippen molar-refractivity contribution < 1.29 is 13.2 Å². The Labute approximate surface area is 200 Å². The largest absolute Gasteiger partial charge is 0.207 e. The SMILES string of the molecule is CC(C)c1c(Cl)cccc1Cl.CC(C)c1c(F)cccc1F.CC(C)c1ccccc1F. The van der Waals surface area contributed by atoms with Crippen LogP contribution in [0.15, 0.2) is 60.7 Å². The van der Waals surface area contributed by atoms with Crippen LogP contribution in [0, 0.1) is 17.5 Å². The summed E-state index contributed by atoms with van der Waals surface area (Å²) in [4.78, 5) is 0. The van der Waals surface area contributed by atoms with Crippen molar-refractivity contribution >= 4 is 23.2 Å². The van der Waals surface area contributed by atoms with Gasteiger partial charge in [0.25, 0.3) is 0 Å². The van der Waals surface area contributed by atoms with Gasteiger partial charge in [-0.05, 0) is 59.2 Å². The Kier molecular flexibility index (Phi) is 11.9. The molecule has 0 fully saturated rings. The zero-order valence-corrected chi connectivity index (χ0v) is 20.9. The lowest BCUT2D eigenvalue weighted by atomic mass is 10.0. The molecule has 0 N–H and O–H groups in total. The molecule has 174 valence electrons. The predicted octanol–water partition coefficient (Wildman–Crippen LogP) is 10.2. The summed E-state index contributed by atoms with van der Waals surface area (Å²) >= 11 is 11.9. The maximum absolute atomic E-state index is 12.9. The highest BCUT2D eigenvalue weighted by Crippen LogP contribution is 2.30. The summed E-state index contributed by atoms with van der Waals surface area (Å²) < 4.78 is 38.6. The molecule has 0 radical (unpaired) electrons. The first-order valence-corrected chi connectivity index (χ1v) is 11.3. The van der Waals surface area contributed by atoms with Crippen molar-refractivity contribution in [2.45, 2.75) is 59.3 Å². The second kappa shape index (κ2) is 13.5. The van der Waals surface area contributed by atoms with Crippen molar-refractivity contribution in [2.75, 3.05) is 0 Å². The van der Waals surface area contributed by atoms with Crippen LogP contribution in [-0.4, -0.2) is 0 Å². The zero-order valence-electron chi connectivity index (χ0n) is 19.4. The molecule has 0 bridgehead atoms. The van der Waals surface area contributed by atoms with E-state index in [-0.39, 0.29) is 23.2 Å². The number of benzene rings is 3. The molecule has 0 saturated heterocycles. The van der Waals surface area contributed by atoms with Gasteiger partial charge in [-0.15, -0.1) is 0 Å². The van der Waals surface area contributed by atoms with E-state index in [0.29, 0.717) is 5.92 Å². The van der Waals surface area contributed by atoms with Crippen LogP contribution < -0.4 is 0 Å². The number of hydrogen-bond acceptors (Lipinski definition) is 0. The molecule has 0 aliphatic heterocycles. The Morgan fingerprint density at radius 3 is 1.22 bits per heavy atom. The molecule has 0 unspecified atom stereocenters. The van der Waals surface area contributed by atoms with Crippen LogP contribution in [0.25, 0.3) is 0 Å². The highest BCUT2D eigenvalue weighted by atomic mass is 35.5. The molecule has 0 atom stereocenters. The zero-order chi connectivity index (χ0) is 24.4. The molecule has 0 aliphatic rings. The van der Waals surface area contributed by atoms with Crippen molar-refractivity contribution in [1.29, 1.82) is 0 Å². The van der Waals surface area contributed by atoms with Gasteiger partial charge < -0.3 is 0 Å². The van der Waals surface area contributed by atoms with E-state index in [0.717, 1.165) is 21.2 Å². The summed E-state index contributed by atoms with van der Waals surface area (Å²) in [5.41, 5.74) is 2.01. The van der Waals surface area contributed by atoms with Gasteiger partial charge in [0.05, 0.1) is 0 Å². The summed E-state index contributed by atoms with van der Waals surface area (Å²) in [5.74, 6) is -0.453. The van der Waals surface area contributed by atoms with E-state index in [9.17, 15) is 13.2 Å². The third kappa shape index (κ3) is 8.52. The van der Waals surface area contributed by atoms with E-state index >= 15 is 0 Å². The van der Waals surface area contributed by atoms with Crippen LogP contribution in [-0.2, 0) is 0 Å². The van der Waals surface area contributed by atoms with Crippen molar-refractivity contribution in [3.05, 3.63) is 105 Å². The summed E-state index contributed by atoms with van der Waals surface area (Å²) in [7, 11) is 0. The smallest absolute Gasteiger partial charge is 0.129 e. The Hall–Kier alpha value is -1.97. The van der Waals surface area contributed by atoms with E-state index in [2.05, 4.69) is 13.8 Å². The highest BCUT2D eigenvalue weighted by Gasteiger charge is 2.11. The molecular weight excluding hydrogens is 452 g/mol. The van der Waals surface area contributed by atoms with Gasteiger partial charge in [-0.1, -0.05) is 95.1 Å². The molecule has 0 spiro atoms. The molecule has 0 aromatic heterocycles. The lowest BCUT2D eigenvalue weighted by Gasteiger charge is -2.09. The fourth-order valence-corrected chi connectivity index (χ4v) is 3.90. The molecular formula is C27H31Cl2F3.